The zero-order chi connectivity index (χ0) is 22.4. The Balaban J connectivity index is 1.60. The SMILES string of the molecule is COc1ccc(CNC(=O)C2CCN(S(=O)(=O)c3ccccc3)CC2)c(OC)c1OC. The number of amides is 1. The van der Waals surface area contributed by atoms with Gasteiger partial charge < -0.3 is 19.5 Å². The van der Waals surface area contributed by atoms with Crippen LogP contribution in [0.5, 0.6) is 17.2 Å². The van der Waals surface area contributed by atoms with Crippen LogP contribution in [0.25, 0.3) is 0 Å². The Morgan fingerprint density at radius 1 is 0.968 bits per heavy atom. The molecule has 0 saturated carbocycles. The van der Waals surface area contributed by atoms with Crippen molar-refractivity contribution in [3.05, 3.63) is 48.0 Å². The lowest BCUT2D eigenvalue weighted by molar-refractivity contribution is -0.126. The van der Waals surface area contributed by atoms with Crippen molar-refractivity contribution in [1.29, 1.82) is 0 Å². The number of nitrogens with zero attached hydrogens (tertiary/aromatic N) is 1. The second-order valence-electron chi connectivity index (χ2n) is 7.20. The lowest BCUT2D eigenvalue weighted by atomic mass is 9.97. The molecule has 1 amide bonds. The summed E-state index contributed by atoms with van der Waals surface area (Å²) in [7, 11) is 1.08. The van der Waals surface area contributed by atoms with E-state index in [1.54, 1.807) is 43.5 Å². The molecule has 0 bridgehead atoms. The number of benzene rings is 2. The largest absolute Gasteiger partial charge is 0.493 e. The first-order chi connectivity index (χ1) is 14.9. The fraction of sp³-hybridized carbons (Fsp3) is 0.409. The molecule has 1 N–H and O–H groups in total. The maximum Gasteiger partial charge on any atom is 0.243 e. The number of piperidine rings is 1. The lowest BCUT2D eigenvalue weighted by Crippen LogP contribution is -2.42. The fourth-order valence-electron chi connectivity index (χ4n) is 3.73. The molecule has 0 radical (unpaired) electrons. The van der Waals surface area contributed by atoms with Gasteiger partial charge in [-0.05, 0) is 37.1 Å². The number of hydrogen-bond acceptors (Lipinski definition) is 6. The smallest absolute Gasteiger partial charge is 0.243 e. The van der Waals surface area contributed by atoms with E-state index in [9.17, 15) is 13.2 Å². The highest BCUT2D eigenvalue weighted by Gasteiger charge is 2.32. The zero-order valence-electron chi connectivity index (χ0n) is 18.0. The topological polar surface area (TPSA) is 94.2 Å². The number of ether oxygens (including phenoxy) is 3. The van der Waals surface area contributed by atoms with Gasteiger partial charge in [-0.1, -0.05) is 18.2 Å². The summed E-state index contributed by atoms with van der Waals surface area (Å²) < 4.78 is 43.0. The van der Waals surface area contributed by atoms with Gasteiger partial charge in [0.15, 0.2) is 11.5 Å². The molecule has 1 fully saturated rings. The first kappa shape index (κ1) is 22.9. The molecule has 1 heterocycles. The molecule has 2 aromatic carbocycles. The number of rotatable bonds is 8. The van der Waals surface area contributed by atoms with E-state index in [1.807, 2.05) is 6.07 Å². The average molecular weight is 449 g/mol. The van der Waals surface area contributed by atoms with Crippen LogP contribution < -0.4 is 19.5 Å². The normalized spacial score (nSPS) is 15.3. The molecule has 168 valence electrons. The molecular weight excluding hydrogens is 420 g/mol. The van der Waals surface area contributed by atoms with Crippen LogP contribution in [0.3, 0.4) is 0 Å². The minimum atomic E-state index is -3.53. The molecular formula is C22H28N2O6S. The predicted molar refractivity (Wildman–Crippen MR) is 116 cm³/mol. The number of carbonyl (C=O) groups is 1. The molecule has 1 aliphatic rings. The predicted octanol–water partition coefficient (Wildman–Crippen LogP) is 2.43. The molecule has 8 nitrogen and oxygen atoms in total. The summed E-state index contributed by atoms with van der Waals surface area (Å²) in [6.45, 7) is 0.898. The van der Waals surface area contributed by atoms with Gasteiger partial charge >= 0.3 is 0 Å². The highest BCUT2D eigenvalue weighted by Crippen LogP contribution is 2.39. The van der Waals surface area contributed by atoms with Crippen LogP contribution >= 0.6 is 0 Å². The monoisotopic (exact) mass is 448 g/mol. The Bertz CT molecular complexity index is 1000. The van der Waals surface area contributed by atoms with E-state index in [-0.39, 0.29) is 23.3 Å². The van der Waals surface area contributed by atoms with Crippen molar-refractivity contribution in [2.45, 2.75) is 24.3 Å². The average Bonchev–Trinajstić information content (AvgIpc) is 2.82. The third-order valence-corrected chi connectivity index (χ3v) is 7.36. The molecule has 31 heavy (non-hydrogen) atoms. The standard InChI is InChI=1S/C22H28N2O6S/c1-28-19-10-9-17(20(29-2)21(19)30-3)15-23-22(25)16-11-13-24(14-12-16)31(26,27)18-7-5-4-6-8-18/h4-10,16H,11-15H2,1-3H3,(H,23,25). The van der Waals surface area contributed by atoms with Gasteiger partial charge in [0.25, 0.3) is 0 Å². The summed E-state index contributed by atoms with van der Waals surface area (Å²) in [6.07, 6.45) is 0.946. The van der Waals surface area contributed by atoms with Crippen molar-refractivity contribution >= 4 is 15.9 Å². The van der Waals surface area contributed by atoms with E-state index in [1.165, 1.54) is 18.5 Å². The van der Waals surface area contributed by atoms with Crippen LogP contribution in [-0.2, 0) is 21.4 Å². The van der Waals surface area contributed by atoms with E-state index in [0.717, 1.165) is 5.56 Å². The second kappa shape index (κ2) is 10.0. The zero-order valence-corrected chi connectivity index (χ0v) is 18.8. The molecule has 0 aromatic heterocycles. The second-order valence-corrected chi connectivity index (χ2v) is 9.14. The third-order valence-electron chi connectivity index (χ3n) is 5.44. The highest BCUT2D eigenvalue weighted by atomic mass is 32.2. The minimum Gasteiger partial charge on any atom is -0.493 e. The van der Waals surface area contributed by atoms with E-state index in [2.05, 4.69) is 5.32 Å². The summed E-state index contributed by atoms with van der Waals surface area (Å²) in [5.41, 5.74) is 0.762. The van der Waals surface area contributed by atoms with E-state index in [0.29, 0.717) is 43.2 Å². The molecule has 1 aliphatic heterocycles. The van der Waals surface area contributed by atoms with E-state index < -0.39 is 10.0 Å². The minimum absolute atomic E-state index is 0.103. The number of sulfonamides is 1. The molecule has 0 unspecified atom stereocenters. The first-order valence-corrected chi connectivity index (χ1v) is 11.5. The Morgan fingerprint density at radius 2 is 1.61 bits per heavy atom. The van der Waals surface area contributed by atoms with Crippen LogP contribution in [0, 0.1) is 5.92 Å². The number of carbonyl (C=O) groups excluding carboxylic acids is 1. The van der Waals surface area contributed by atoms with Crippen molar-refractivity contribution in [3.63, 3.8) is 0 Å². The van der Waals surface area contributed by atoms with Crippen LogP contribution in [-0.4, -0.2) is 53.0 Å². The number of nitrogens with one attached hydrogen (secondary N) is 1. The van der Waals surface area contributed by atoms with Gasteiger partial charge in [-0.2, -0.15) is 4.31 Å². The van der Waals surface area contributed by atoms with Crippen molar-refractivity contribution in [3.8, 4) is 17.2 Å². The van der Waals surface area contributed by atoms with Crippen molar-refractivity contribution < 1.29 is 27.4 Å². The van der Waals surface area contributed by atoms with Crippen LogP contribution in [0.2, 0.25) is 0 Å². The van der Waals surface area contributed by atoms with E-state index in [4.69, 9.17) is 14.2 Å². The fourth-order valence-corrected chi connectivity index (χ4v) is 5.22. The summed E-state index contributed by atoms with van der Waals surface area (Å²) >= 11 is 0. The molecule has 0 spiro atoms. The van der Waals surface area contributed by atoms with Gasteiger partial charge in [0.05, 0.1) is 26.2 Å². The first-order valence-electron chi connectivity index (χ1n) is 10.0. The van der Waals surface area contributed by atoms with Gasteiger partial charge in [0.2, 0.25) is 21.7 Å². The number of methoxy groups -OCH3 is 3. The van der Waals surface area contributed by atoms with Gasteiger partial charge in [0.1, 0.15) is 0 Å². The molecule has 2 aromatic rings. The lowest BCUT2D eigenvalue weighted by Gasteiger charge is -2.30. The molecule has 1 saturated heterocycles. The van der Waals surface area contributed by atoms with Crippen LogP contribution in [0.4, 0.5) is 0 Å². The summed E-state index contributed by atoms with van der Waals surface area (Å²) in [5, 5.41) is 2.93. The maximum atomic E-state index is 12.7. The quantitative estimate of drug-likeness (QED) is 0.667. The molecule has 9 heteroatoms. The van der Waals surface area contributed by atoms with Gasteiger partial charge in [-0.15, -0.1) is 0 Å². The number of hydrogen-bond donors (Lipinski definition) is 1. The van der Waals surface area contributed by atoms with Gasteiger partial charge in [-0.25, -0.2) is 8.42 Å². The Labute approximate surface area is 183 Å². The Hall–Kier alpha value is -2.78. The maximum absolute atomic E-state index is 12.7. The van der Waals surface area contributed by atoms with Gasteiger partial charge in [0, 0.05) is 31.1 Å². The Kier molecular flexibility index (Phi) is 7.40. The molecule has 3 rings (SSSR count). The van der Waals surface area contributed by atoms with Crippen molar-refractivity contribution in [2.75, 3.05) is 34.4 Å². The van der Waals surface area contributed by atoms with Crippen molar-refractivity contribution in [2.24, 2.45) is 5.92 Å². The molecule has 0 aliphatic carbocycles. The van der Waals surface area contributed by atoms with Gasteiger partial charge in [-0.3, -0.25) is 4.79 Å². The highest BCUT2D eigenvalue weighted by molar-refractivity contribution is 7.89. The van der Waals surface area contributed by atoms with Crippen LogP contribution in [0.1, 0.15) is 18.4 Å². The summed E-state index contributed by atoms with van der Waals surface area (Å²) in [6, 6.07) is 11.9. The summed E-state index contributed by atoms with van der Waals surface area (Å²) in [4.78, 5) is 13.0. The molecule has 0 atom stereocenters. The van der Waals surface area contributed by atoms with Crippen molar-refractivity contribution in [1.82, 2.24) is 9.62 Å². The van der Waals surface area contributed by atoms with Crippen LogP contribution in [0.15, 0.2) is 47.4 Å². The Morgan fingerprint density at radius 3 is 2.19 bits per heavy atom. The van der Waals surface area contributed by atoms with E-state index >= 15 is 0 Å². The third kappa shape index (κ3) is 4.94. The summed E-state index contributed by atoms with van der Waals surface area (Å²) in [5.74, 6) is 1.17.